The van der Waals surface area contributed by atoms with Crippen LogP contribution in [-0.4, -0.2) is 24.2 Å². The lowest BCUT2D eigenvalue weighted by Crippen LogP contribution is -2.10. The second-order valence-corrected chi connectivity index (χ2v) is 7.76. The predicted octanol–water partition coefficient (Wildman–Crippen LogP) is 5.18. The molecule has 0 unspecified atom stereocenters. The number of fused-ring (bicyclic) bond motifs is 1. The summed E-state index contributed by atoms with van der Waals surface area (Å²) in [6, 6.07) is 19.8. The zero-order valence-electron chi connectivity index (χ0n) is 18.6. The van der Waals surface area contributed by atoms with Gasteiger partial charge in [0.15, 0.2) is 5.76 Å². The van der Waals surface area contributed by atoms with E-state index in [4.69, 9.17) is 28.6 Å². The van der Waals surface area contributed by atoms with Crippen molar-refractivity contribution in [1.29, 1.82) is 0 Å². The third kappa shape index (κ3) is 4.40. The van der Waals surface area contributed by atoms with Crippen LogP contribution in [0.1, 0.15) is 28.5 Å². The molecule has 7 nitrogen and oxygen atoms in total. The quantitative estimate of drug-likeness (QED) is 0.402. The molecule has 5 rings (SSSR count). The number of nitrogens with zero attached hydrogens (tertiary/aromatic N) is 2. The Morgan fingerprint density at radius 1 is 1.00 bits per heavy atom. The van der Waals surface area contributed by atoms with Gasteiger partial charge in [0.2, 0.25) is 5.95 Å². The molecule has 3 heterocycles. The standard InChI is InChI=1S/C26H25N3O4/c1-30-19-11-10-18(22(14-19)31-2)15-27-26-28-24(21-9-6-12-32-21)20-16-33-23(25(20)29-26)13-17-7-4-3-5-8-17/h3-12,14,23H,13,15-16H2,1-2H3,(H,27,28,29)/t23-/m0/s1. The lowest BCUT2D eigenvalue weighted by molar-refractivity contribution is 0.0648. The fraction of sp³-hybridized carbons (Fsp3) is 0.231. The van der Waals surface area contributed by atoms with Gasteiger partial charge in [-0.15, -0.1) is 0 Å². The minimum Gasteiger partial charge on any atom is -0.497 e. The Morgan fingerprint density at radius 3 is 2.64 bits per heavy atom. The van der Waals surface area contributed by atoms with Crippen molar-refractivity contribution in [2.24, 2.45) is 0 Å². The van der Waals surface area contributed by atoms with Crippen molar-refractivity contribution >= 4 is 5.95 Å². The van der Waals surface area contributed by atoms with Gasteiger partial charge < -0.3 is 23.9 Å². The number of aromatic nitrogens is 2. The van der Waals surface area contributed by atoms with Gasteiger partial charge in [-0.3, -0.25) is 0 Å². The van der Waals surface area contributed by atoms with E-state index < -0.39 is 0 Å². The molecule has 0 amide bonds. The van der Waals surface area contributed by atoms with Gasteiger partial charge in [0.05, 0.1) is 32.8 Å². The van der Waals surface area contributed by atoms with E-state index in [0.29, 0.717) is 24.9 Å². The molecule has 4 aromatic rings. The summed E-state index contributed by atoms with van der Waals surface area (Å²) in [4.78, 5) is 9.62. The molecule has 1 aliphatic heterocycles. The number of hydrogen-bond donors (Lipinski definition) is 1. The SMILES string of the molecule is COc1ccc(CNc2nc(-c3ccco3)c3c(n2)[C@H](Cc2ccccc2)OC3)c(OC)c1. The Labute approximate surface area is 192 Å². The maximum Gasteiger partial charge on any atom is 0.223 e. The van der Waals surface area contributed by atoms with Crippen LogP contribution in [0.25, 0.3) is 11.5 Å². The minimum absolute atomic E-state index is 0.143. The summed E-state index contributed by atoms with van der Waals surface area (Å²) in [6.07, 6.45) is 2.25. The van der Waals surface area contributed by atoms with Crippen molar-refractivity contribution in [3.8, 4) is 23.0 Å². The van der Waals surface area contributed by atoms with E-state index in [2.05, 4.69) is 17.4 Å². The second kappa shape index (κ2) is 9.34. The van der Waals surface area contributed by atoms with Crippen LogP contribution in [0.5, 0.6) is 11.5 Å². The third-order valence-corrected chi connectivity index (χ3v) is 5.72. The van der Waals surface area contributed by atoms with Gasteiger partial charge in [-0.1, -0.05) is 30.3 Å². The van der Waals surface area contributed by atoms with Crippen molar-refractivity contribution in [3.05, 3.63) is 89.3 Å². The molecule has 1 aliphatic rings. The van der Waals surface area contributed by atoms with E-state index in [-0.39, 0.29) is 6.10 Å². The number of methoxy groups -OCH3 is 2. The first kappa shape index (κ1) is 21.0. The summed E-state index contributed by atoms with van der Waals surface area (Å²) in [6.45, 7) is 0.948. The Bertz CT molecular complexity index is 1230. The first-order valence-corrected chi connectivity index (χ1v) is 10.8. The number of furan rings is 1. The molecular weight excluding hydrogens is 418 g/mol. The molecule has 7 heteroatoms. The third-order valence-electron chi connectivity index (χ3n) is 5.72. The number of hydrogen-bond acceptors (Lipinski definition) is 7. The molecule has 0 spiro atoms. The molecule has 0 aliphatic carbocycles. The Morgan fingerprint density at radius 2 is 1.88 bits per heavy atom. The molecule has 2 aromatic heterocycles. The predicted molar refractivity (Wildman–Crippen MR) is 124 cm³/mol. The van der Waals surface area contributed by atoms with Gasteiger partial charge in [0.1, 0.15) is 23.3 Å². The zero-order chi connectivity index (χ0) is 22.6. The van der Waals surface area contributed by atoms with Crippen LogP contribution in [-0.2, 0) is 24.3 Å². The Hall–Kier alpha value is -3.84. The van der Waals surface area contributed by atoms with Crippen LogP contribution >= 0.6 is 0 Å². The summed E-state index contributed by atoms with van der Waals surface area (Å²) < 4.78 is 22.6. The molecule has 1 N–H and O–H groups in total. The van der Waals surface area contributed by atoms with Gasteiger partial charge in [-0.2, -0.15) is 0 Å². The number of ether oxygens (including phenoxy) is 3. The van der Waals surface area contributed by atoms with Gasteiger partial charge in [-0.05, 0) is 29.8 Å². The monoisotopic (exact) mass is 443 g/mol. The highest BCUT2D eigenvalue weighted by Gasteiger charge is 2.30. The lowest BCUT2D eigenvalue weighted by atomic mass is 10.0. The summed E-state index contributed by atoms with van der Waals surface area (Å²) >= 11 is 0. The van der Waals surface area contributed by atoms with Crippen molar-refractivity contribution in [2.75, 3.05) is 19.5 Å². The normalized spacial score (nSPS) is 14.7. The molecule has 0 saturated carbocycles. The van der Waals surface area contributed by atoms with Crippen LogP contribution in [0.15, 0.2) is 71.3 Å². The highest BCUT2D eigenvalue weighted by atomic mass is 16.5. The average molecular weight is 444 g/mol. The number of nitrogens with one attached hydrogen (secondary N) is 1. The molecule has 0 fully saturated rings. The van der Waals surface area contributed by atoms with Crippen LogP contribution in [0, 0.1) is 0 Å². The van der Waals surface area contributed by atoms with Crippen LogP contribution in [0.3, 0.4) is 0 Å². The fourth-order valence-corrected chi connectivity index (χ4v) is 4.02. The first-order valence-electron chi connectivity index (χ1n) is 10.8. The Balaban J connectivity index is 1.46. The van der Waals surface area contributed by atoms with Crippen molar-refractivity contribution in [1.82, 2.24) is 9.97 Å². The molecule has 168 valence electrons. The molecule has 0 bridgehead atoms. The number of anilines is 1. The van der Waals surface area contributed by atoms with Gasteiger partial charge in [0, 0.05) is 30.2 Å². The van der Waals surface area contributed by atoms with E-state index in [1.54, 1.807) is 20.5 Å². The number of rotatable bonds is 8. The van der Waals surface area contributed by atoms with Crippen molar-refractivity contribution in [2.45, 2.75) is 25.7 Å². The van der Waals surface area contributed by atoms with E-state index in [9.17, 15) is 0 Å². The van der Waals surface area contributed by atoms with Crippen LogP contribution in [0.4, 0.5) is 5.95 Å². The van der Waals surface area contributed by atoms with Gasteiger partial charge in [-0.25, -0.2) is 9.97 Å². The van der Waals surface area contributed by atoms with E-state index >= 15 is 0 Å². The molecule has 1 atom stereocenters. The highest BCUT2D eigenvalue weighted by molar-refractivity contribution is 5.61. The average Bonchev–Trinajstić information content (AvgIpc) is 3.54. The second-order valence-electron chi connectivity index (χ2n) is 7.76. The molecule has 2 aromatic carbocycles. The molecule has 0 radical (unpaired) electrons. The highest BCUT2D eigenvalue weighted by Crippen LogP contribution is 2.38. The van der Waals surface area contributed by atoms with E-state index in [1.165, 1.54) is 5.56 Å². The Kier molecular flexibility index (Phi) is 5.95. The summed E-state index contributed by atoms with van der Waals surface area (Å²) in [5.41, 5.74) is 4.79. The number of benzene rings is 2. The minimum atomic E-state index is -0.143. The molecular formula is C26H25N3O4. The molecule has 33 heavy (non-hydrogen) atoms. The summed E-state index contributed by atoms with van der Waals surface area (Å²) in [7, 11) is 3.28. The molecule has 0 saturated heterocycles. The fourth-order valence-electron chi connectivity index (χ4n) is 4.02. The van der Waals surface area contributed by atoms with E-state index in [0.717, 1.165) is 40.4 Å². The maximum atomic E-state index is 6.14. The summed E-state index contributed by atoms with van der Waals surface area (Å²) in [5, 5.41) is 3.35. The van der Waals surface area contributed by atoms with Crippen LogP contribution < -0.4 is 14.8 Å². The topological polar surface area (TPSA) is 78.6 Å². The van der Waals surface area contributed by atoms with Gasteiger partial charge in [0.25, 0.3) is 0 Å². The van der Waals surface area contributed by atoms with Crippen LogP contribution in [0.2, 0.25) is 0 Å². The van der Waals surface area contributed by atoms with E-state index in [1.807, 2.05) is 48.5 Å². The maximum absolute atomic E-state index is 6.14. The summed E-state index contributed by atoms with van der Waals surface area (Å²) in [5.74, 6) is 2.69. The zero-order valence-corrected chi connectivity index (χ0v) is 18.6. The van der Waals surface area contributed by atoms with Crippen molar-refractivity contribution in [3.63, 3.8) is 0 Å². The largest absolute Gasteiger partial charge is 0.497 e. The lowest BCUT2D eigenvalue weighted by Gasteiger charge is -2.14. The van der Waals surface area contributed by atoms with Crippen molar-refractivity contribution < 1.29 is 18.6 Å². The first-order chi connectivity index (χ1) is 16.2. The van der Waals surface area contributed by atoms with Gasteiger partial charge >= 0.3 is 0 Å². The smallest absolute Gasteiger partial charge is 0.223 e.